The quantitative estimate of drug-likeness (QED) is 0.766. The van der Waals surface area contributed by atoms with Crippen LogP contribution in [0.2, 0.25) is 5.02 Å². The lowest BCUT2D eigenvalue weighted by Gasteiger charge is -2.39. The van der Waals surface area contributed by atoms with Crippen molar-refractivity contribution in [2.45, 2.75) is 13.3 Å². The summed E-state index contributed by atoms with van der Waals surface area (Å²) in [6.45, 7) is 3.23. The minimum atomic E-state index is -0.196. The maximum atomic E-state index is 12.8. The van der Waals surface area contributed by atoms with Gasteiger partial charge in [-0.25, -0.2) is 4.98 Å². The number of H-pyrrole nitrogens is 1. The van der Waals surface area contributed by atoms with Gasteiger partial charge in [0.1, 0.15) is 4.83 Å². The summed E-state index contributed by atoms with van der Waals surface area (Å²) >= 11 is 7.49. The number of likely N-dealkylation sites (tertiary alicyclic amines) is 1. The number of carbonyl (C=O) groups excluding carboxylic acids is 1. The molecule has 1 aliphatic heterocycles. The van der Waals surface area contributed by atoms with E-state index in [1.165, 1.54) is 17.7 Å². The molecule has 4 rings (SSSR count). The van der Waals surface area contributed by atoms with Gasteiger partial charge in [0.15, 0.2) is 0 Å². The monoisotopic (exact) mass is 373 g/mol. The second-order valence-corrected chi connectivity index (χ2v) is 7.75. The first kappa shape index (κ1) is 16.3. The molecule has 7 heteroatoms. The predicted molar refractivity (Wildman–Crippen MR) is 99.5 cm³/mol. The smallest absolute Gasteiger partial charge is 0.264 e. The average Bonchev–Trinajstić information content (AvgIpc) is 2.90. The van der Waals surface area contributed by atoms with Crippen LogP contribution < -0.4 is 5.56 Å². The molecule has 0 atom stereocenters. The summed E-state index contributed by atoms with van der Waals surface area (Å²) in [5.41, 5.74) is 1.64. The van der Waals surface area contributed by atoms with Crippen molar-refractivity contribution in [2.24, 2.45) is 5.92 Å². The fraction of sp³-hybridized carbons (Fsp3) is 0.278. The molecule has 0 saturated carbocycles. The minimum Gasteiger partial charge on any atom is -0.337 e. The topological polar surface area (TPSA) is 66.1 Å². The Bertz CT molecular complexity index is 1020. The van der Waals surface area contributed by atoms with Crippen LogP contribution in [-0.2, 0) is 6.42 Å². The number of nitrogens with zero attached hydrogens (tertiary/aromatic N) is 2. The first-order chi connectivity index (χ1) is 12.0. The third kappa shape index (κ3) is 2.85. The molecule has 0 spiro atoms. The number of benzene rings is 1. The van der Waals surface area contributed by atoms with E-state index < -0.39 is 0 Å². The van der Waals surface area contributed by atoms with Crippen molar-refractivity contribution in [1.82, 2.24) is 14.9 Å². The van der Waals surface area contributed by atoms with E-state index in [9.17, 15) is 9.59 Å². The third-order valence-corrected chi connectivity index (χ3v) is 6.19. The Hall–Kier alpha value is -2.18. The molecular weight excluding hydrogens is 358 g/mol. The molecule has 1 saturated heterocycles. The molecule has 5 nitrogen and oxygen atoms in total. The molecule has 2 aromatic heterocycles. The van der Waals surface area contributed by atoms with E-state index in [0.717, 1.165) is 17.0 Å². The van der Waals surface area contributed by atoms with Crippen LogP contribution in [0.25, 0.3) is 10.2 Å². The van der Waals surface area contributed by atoms with E-state index >= 15 is 0 Å². The van der Waals surface area contributed by atoms with Gasteiger partial charge >= 0.3 is 0 Å². The van der Waals surface area contributed by atoms with E-state index in [2.05, 4.69) is 9.97 Å². The zero-order valence-electron chi connectivity index (χ0n) is 13.6. The predicted octanol–water partition coefficient (Wildman–Crippen LogP) is 3.26. The molecular formula is C18H16ClN3O2S. The highest BCUT2D eigenvalue weighted by Crippen LogP contribution is 2.31. The Morgan fingerprint density at radius 1 is 1.40 bits per heavy atom. The average molecular weight is 374 g/mol. The van der Waals surface area contributed by atoms with E-state index in [4.69, 9.17) is 11.6 Å². The summed E-state index contributed by atoms with van der Waals surface area (Å²) in [7, 11) is 0. The molecule has 0 radical (unpaired) electrons. The number of aromatic nitrogens is 2. The van der Waals surface area contributed by atoms with Crippen LogP contribution in [0.15, 0.2) is 35.4 Å². The number of aryl methyl sites for hydroxylation is 1. The van der Waals surface area contributed by atoms with Crippen molar-refractivity contribution in [3.8, 4) is 0 Å². The Kier molecular flexibility index (Phi) is 4.09. The van der Waals surface area contributed by atoms with Crippen LogP contribution in [0.5, 0.6) is 0 Å². The number of nitrogens with one attached hydrogen (secondary N) is 1. The number of carbonyl (C=O) groups is 1. The molecule has 1 amide bonds. The van der Waals surface area contributed by atoms with Gasteiger partial charge in [-0.2, -0.15) is 0 Å². The fourth-order valence-electron chi connectivity index (χ4n) is 3.27. The number of hydrogen-bond acceptors (Lipinski definition) is 4. The maximum Gasteiger partial charge on any atom is 0.264 e. The Morgan fingerprint density at radius 2 is 2.16 bits per heavy atom. The highest BCUT2D eigenvalue weighted by atomic mass is 35.5. The van der Waals surface area contributed by atoms with E-state index in [-0.39, 0.29) is 11.5 Å². The number of amides is 1. The number of hydrogen-bond donors (Lipinski definition) is 1. The highest BCUT2D eigenvalue weighted by molar-refractivity contribution is 7.20. The van der Waals surface area contributed by atoms with Gasteiger partial charge in [0.2, 0.25) is 0 Å². The van der Waals surface area contributed by atoms with Crippen LogP contribution in [-0.4, -0.2) is 33.9 Å². The number of halogens is 1. The Balaban J connectivity index is 1.49. The first-order valence-electron chi connectivity index (χ1n) is 8.04. The summed E-state index contributed by atoms with van der Waals surface area (Å²) in [4.78, 5) is 34.5. The lowest BCUT2D eigenvalue weighted by molar-refractivity contribution is 0.0505. The molecule has 0 bridgehead atoms. The van der Waals surface area contributed by atoms with Gasteiger partial charge in [-0.15, -0.1) is 11.3 Å². The van der Waals surface area contributed by atoms with Crippen molar-refractivity contribution in [3.63, 3.8) is 0 Å². The van der Waals surface area contributed by atoms with E-state index in [1.807, 2.05) is 36.1 Å². The van der Waals surface area contributed by atoms with Crippen molar-refractivity contribution < 1.29 is 4.79 Å². The first-order valence-corrected chi connectivity index (χ1v) is 9.23. The lowest BCUT2D eigenvalue weighted by atomic mass is 9.92. The van der Waals surface area contributed by atoms with Gasteiger partial charge in [-0.1, -0.05) is 29.8 Å². The van der Waals surface area contributed by atoms with Gasteiger partial charge in [-0.3, -0.25) is 9.59 Å². The molecule has 1 aromatic carbocycles. The maximum absolute atomic E-state index is 12.8. The second kappa shape index (κ2) is 6.28. The van der Waals surface area contributed by atoms with Crippen molar-refractivity contribution in [1.29, 1.82) is 0 Å². The van der Waals surface area contributed by atoms with Crippen LogP contribution in [0.1, 0.15) is 20.8 Å². The van der Waals surface area contributed by atoms with Crippen molar-refractivity contribution >= 4 is 39.1 Å². The van der Waals surface area contributed by atoms with Crippen LogP contribution in [0.3, 0.4) is 0 Å². The zero-order valence-corrected chi connectivity index (χ0v) is 15.2. The summed E-state index contributed by atoms with van der Waals surface area (Å²) in [6, 6.07) is 7.82. The molecule has 128 valence electrons. The van der Waals surface area contributed by atoms with Crippen LogP contribution >= 0.6 is 22.9 Å². The number of thiophene rings is 1. The molecule has 3 heterocycles. The summed E-state index contributed by atoms with van der Waals surface area (Å²) in [5, 5.41) is 1.29. The van der Waals surface area contributed by atoms with Gasteiger partial charge in [0.25, 0.3) is 11.5 Å². The molecule has 0 aliphatic carbocycles. The third-order valence-electron chi connectivity index (χ3n) is 4.64. The fourth-order valence-corrected chi connectivity index (χ4v) is 4.60. The van der Waals surface area contributed by atoms with Gasteiger partial charge < -0.3 is 9.88 Å². The summed E-state index contributed by atoms with van der Waals surface area (Å²) in [5.74, 6) is 0.398. The van der Waals surface area contributed by atoms with Gasteiger partial charge in [0, 0.05) is 18.1 Å². The molecule has 1 aliphatic rings. The molecule has 3 aromatic rings. The Labute approximate surface area is 153 Å². The van der Waals surface area contributed by atoms with E-state index in [0.29, 0.717) is 39.7 Å². The van der Waals surface area contributed by atoms with Crippen LogP contribution in [0, 0.1) is 12.8 Å². The zero-order chi connectivity index (χ0) is 17.6. The normalized spacial score (nSPS) is 14.7. The van der Waals surface area contributed by atoms with Crippen LogP contribution in [0.4, 0.5) is 0 Å². The number of fused-ring (bicyclic) bond motifs is 1. The standard InChI is InChI=1S/C18H16ClN3O2S/c1-10-14-16(23)20-9-21-17(14)25-15(10)18(24)22-7-11(8-22)6-12-4-2-3-5-13(12)19/h2-5,9,11H,6-8H2,1H3,(H,20,21,23). The number of aromatic amines is 1. The molecule has 1 N–H and O–H groups in total. The van der Waals surface area contributed by atoms with Gasteiger partial charge in [0.05, 0.1) is 16.6 Å². The SMILES string of the molecule is Cc1c(C(=O)N2CC(Cc3ccccc3Cl)C2)sc2nc[nH]c(=O)c12. The van der Waals surface area contributed by atoms with Crippen molar-refractivity contribution in [2.75, 3.05) is 13.1 Å². The largest absolute Gasteiger partial charge is 0.337 e. The summed E-state index contributed by atoms with van der Waals surface area (Å²) < 4.78 is 0. The second-order valence-electron chi connectivity index (χ2n) is 6.34. The summed E-state index contributed by atoms with van der Waals surface area (Å²) in [6.07, 6.45) is 2.24. The molecule has 0 unspecified atom stereocenters. The van der Waals surface area contributed by atoms with E-state index in [1.54, 1.807) is 0 Å². The van der Waals surface area contributed by atoms with Crippen molar-refractivity contribution in [3.05, 3.63) is 62.0 Å². The Morgan fingerprint density at radius 3 is 2.88 bits per heavy atom. The highest BCUT2D eigenvalue weighted by Gasteiger charge is 2.33. The molecule has 1 fully saturated rings. The minimum absolute atomic E-state index is 0.0182. The lowest BCUT2D eigenvalue weighted by Crippen LogP contribution is -2.50. The molecule has 25 heavy (non-hydrogen) atoms. The number of rotatable bonds is 3. The van der Waals surface area contributed by atoms with Gasteiger partial charge in [-0.05, 0) is 36.5 Å².